The van der Waals surface area contributed by atoms with Gasteiger partial charge in [0.1, 0.15) is 11.6 Å². The van der Waals surface area contributed by atoms with Crippen molar-refractivity contribution in [1.82, 2.24) is 9.97 Å². The minimum Gasteiger partial charge on any atom is -0.363 e. The molecule has 1 rings (SSSR count). The summed E-state index contributed by atoms with van der Waals surface area (Å²) in [4.78, 5) is 9.04. The van der Waals surface area contributed by atoms with E-state index < -0.39 is 0 Å². The summed E-state index contributed by atoms with van der Waals surface area (Å²) in [5.74, 6) is 2.11. The van der Waals surface area contributed by atoms with Crippen molar-refractivity contribution in [1.29, 1.82) is 0 Å². The molecule has 0 unspecified atom stereocenters. The fourth-order valence-electron chi connectivity index (χ4n) is 1.95. The molecule has 4 heteroatoms. The number of rotatable bonds is 6. The van der Waals surface area contributed by atoms with Crippen LogP contribution in [0.15, 0.2) is 6.07 Å². The Balaban J connectivity index is 3.03. The Labute approximate surface area is 110 Å². The van der Waals surface area contributed by atoms with E-state index in [1.165, 1.54) is 0 Å². The van der Waals surface area contributed by atoms with Crippen LogP contribution in [0.25, 0.3) is 0 Å². The van der Waals surface area contributed by atoms with Crippen molar-refractivity contribution in [2.75, 3.05) is 11.9 Å². The number of nitrogens with one attached hydrogen (secondary N) is 1. The first-order valence-corrected chi connectivity index (χ1v) is 6.80. The van der Waals surface area contributed by atoms with Crippen LogP contribution in [0, 0.1) is 6.92 Å². The zero-order valence-electron chi connectivity index (χ0n) is 12.2. The lowest BCUT2D eigenvalue weighted by molar-refractivity contribution is 0.443. The zero-order valence-corrected chi connectivity index (χ0v) is 12.2. The molecule has 1 aromatic rings. The minimum atomic E-state index is -0.0605. The minimum absolute atomic E-state index is 0.0605. The number of anilines is 1. The molecule has 3 N–H and O–H groups in total. The second-order valence-corrected chi connectivity index (χ2v) is 5.22. The molecular formula is C14H26N4. The molecule has 0 atom stereocenters. The molecule has 0 aliphatic rings. The van der Waals surface area contributed by atoms with Crippen molar-refractivity contribution in [3.05, 3.63) is 17.6 Å². The van der Waals surface area contributed by atoms with E-state index in [0.29, 0.717) is 12.5 Å². The van der Waals surface area contributed by atoms with E-state index in [0.717, 1.165) is 30.2 Å². The molecule has 0 spiro atoms. The quantitative estimate of drug-likeness (QED) is 0.815. The topological polar surface area (TPSA) is 63.8 Å². The highest BCUT2D eigenvalue weighted by Crippen LogP contribution is 2.21. The van der Waals surface area contributed by atoms with Crippen molar-refractivity contribution in [3.63, 3.8) is 0 Å². The fourth-order valence-corrected chi connectivity index (χ4v) is 1.95. The van der Waals surface area contributed by atoms with Crippen LogP contribution >= 0.6 is 0 Å². The van der Waals surface area contributed by atoms with E-state index in [2.05, 4.69) is 43.0 Å². The number of aromatic nitrogens is 2. The Morgan fingerprint density at radius 3 is 2.33 bits per heavy atom. The van der Waals surface area contributed by atoms with E-state index in [9.17, 15) is 0 Å². The van der Waals surface area contributed by atoms with Crippen molar-refractivity contribution >= 4 is 5.82 Å². The van der Waals surface area contributed by atoms with Crippen molar-refractivity contribution in [2.24, 2.45) is 5.73 Å². The van der Waals surface area contributed by atoms with E-state index in [1.807, 2.05) is 13.0 Å². The van der Waals surface area contributed by atoms with Crippen LogP contribution in [0.3, 0.4) is 0 Å². The summed E-state index contributed by atoms with van der Waals surface area (Å²) in [6.45, 7) is 11.1. The molecule has 0 saturated carbocycles. The monoisotopic (exact) mass is 250 g/mol. The SMILES string of the molecule is CCC(CC)(CN)Nc1cc(C)nc(C(C)C)n1. The number of aryl methyl sites for hydroxylation is 1. The van der Waals surface area contributed by atoms with Gasteiger partial charge in [-0.25, -0.2) is 9.97 Å². The Morgan fingerprint density at radius 2 is 1.89 bits per heavy atom. The standard InChI is InChI=1S/C14H26N4/c1-6-14(7-2,9-15)18-12-8-11(5)16-13(17-12)10(3)4/h8,10H,6-7,9,15H2,1-5H3,(H,16,17,18). The van der Waals surface area contributed by atoms with E-state index >= 15 is 0 Å². The molecule has 102 valence electrons. The third-order valence-corrected chi connectivity index (χ3v) is 3.53. The molecule has 0 saturated heterocycles. The first-order chi connectivity index (χ1) is 8.46. The van der Waals surface area contributed by atoms with Crippen LogP contribution < -0.4 is 11.1 Å². The van der Waals surface area contributed by atoms with Crippen LogP contribution in [0.1, 0.15) is 58.0 Å². The lowest BCUT2D eigenvalue weighted by atomic mass is 9.93. The van der Waals surface area contributed by atoms with Gasteiger partial charge in [0.05, 0.1) is 5.54 Å². The number of nitrogens with two attached hydrogens (primary N) is 1. The predicted octanol–water partition coefficient (Wildman–Crippen LogP) is 2.84. The maximum atomic E-state index is 5.91. The lowest BCUT2D eigenvalue weighted by Crippen LogP contribution is -2.44. The summed E-state index contributed by atoms with van der Waals surface area (Å²) in [7, 11) is 0. The molecule has 0 aliphatic carbocycles. The van der Waals surface area contributed by atoms with Crippen molar-refractivity contribution < 1.29 is 0 Å². The first-order valence-electron chi connectivity index (χ1n) is 6.80. The average Bonchev–Trinajstić information content (AvgIpc) is 2.35. The third-order valence-electron chi connectivity index (χ3n) is 3.53. The van der Waals surface area contributed by atoms with Gasteiger partial charge in [-0.2, -0.15) is 0 Å². The molecule has 0 aliphatic heterocycles. The highest BCUT2D eigenvalue weighted by Gasteiger charge is 2.24. The zero-order chi connectivity index (χ0) is 13.8. The number of hydrogen-bond acceptors (Lipinski definition) is 4. The second kappa shape index (κ2) is 6.14. The molecule has 0 fully saturated rings. The van der Waals surface area contributed by atoms with Gasteiger partial charge in [-0.05, 0) is 19.8 Å². The van der Waals surface area contributed by atoms with Crippen molar-refractivity contribution in [2.45, 2.75) is 58.9 Å². The van der Waals surface area contributed by atoms with Gasteiger partial charge >= 0.3 is 0 Å². The van der Waals surface area contributed by atoms with Gasteiger partial charge in [0.15, 0.2) is 0 Å². The molecule has 1 heterocycles. The first kappa shape index (κ1) is 14.9. The van der Waals surface area contributed by atoms with Gasteiger partial charge in [0.2, 0.25) is 0 Å². The maximum Gasteiger partial charge on any atom is 0.133 e. The van der Waals surface area contributed by atoms with Gasteiger partial charge in [0.25, 0.3) is 0 Å². The third kappa shape index (κ3) is 3.42. The Kier molecular flexibility index (Phi) is 5.08. The summed E-state index contributed by atoms with van der Waals surface area (Å²) in [5, 5.41) is 3.50. The van der Waals surface area contributed by atoms with Crippen molar-refractivity contribution in [3.8, 4) is 0 Å². The maximum absolute atomic E-state index is 5.91. The van der Waals surface area contributed by atoms with Gasteiger partial charge in [-0.3, -0.25) is 0 Å². The largest absolute Gasteiger partial charge is 0.363 e. The molecule has 0 amide bonds. The summed E-state index contributed by atoms with van der Waals surface area (Å²) in [6, 6.07) is 1.99. The molecule has 4 nitrogen and oxygen atoms in total. The fraction of sp³-hybridized carbons (Fsp3) is 0.714. The highest BCUT2D eigenvalue weighted by molar-refractivity contribution is 5.39. The van der Waals surface area contributed by atoms with Gasteiger partial charge in [-0.15, -0.1) is 0 Å². The summed E-state index contributed by atoms with van der Waals surface area (Å²) in [6.07, 6.45) is 1.97. The number of nitrogens with zero attached hydrogens (tertiary/aromatic N) is 2. The molecular weight excluding hydrogens is 224 g/mol. The molecule has 0 aromatic carbocycles. The normalized spacial score (nSPS) is 11.9. The van der Waals surface area contributed by atoms with Crippen LogP contribution in [-0.2, 0) is 0 Å². The van der Waals surface area contributed by atoms with Gasteiger partial charge in [-0.1, -0.05) is 27.7 Å². The van der Waals surface area contributed by atoms with Crippen LogP contribution in [0.2, 0.25) is 0 Å². The lowest BCUT2D eigenvalue weighted by Gasteiger charge is -2.32. The van der Waals surface area contributed by atoms with E-state index in [1.54, 1.807) is 0 Å². The van der Waals surface area contributed by atoms with E-state index in [4.69, 9.17) is 5.73 Å². The average molecular weight is 250 g/mol. The van der Waals surface area contributed by atoms with Crippen LogP contribution in [0.4, 0.5) is 5.82 Å². The van der Waals surface area contributed by atoms with Gasteiger partial charge < -0.3 is 11.1 Å². The number of hydrogen-bond donors (Lipinski definition) is 2. The Bertz CT molecular complexity index is 375. The van der Waals surface area contributed by atoms with Crippen LogP contribution in [-0.4, -0.2) is 22.1 Å². The Morgan fingerprint density at radius 1 is 1.28 bits per heavy atom. The molecule has 0 radical (unpaired) electrons. The summed E-state index contributed by atoms with van der Waals surface area (Å²) in [5.41, 5.74) is 6.84. The second-order valence-electron chi connectivity index (χ2n) is 5.22. The molecule has 0 bridgehead atoms. The summed E-state index contributed by atoms with van der Waals surface area (Å²) >= 11 is 0. The Hall–Kier alpha value is -1.16. The predicted molar refractivity (Wildman–Crippen MR) is 76.8 cm³/mol. The highest BCUT2D eigenvalue weighted by atomic mass is 15.1. The molecule has 1 aromatic heterocycles. The van der Waals surface area contributed by atoms with Gasteiger partial charge in [0, 0.05) is 24.2 Å². The van der Waals surface area contributed by atoms with E-state index in [-0.39, 0.29) is 5.54 Å². The summed E-state index contributed by atoms with van der Waals surface area (Å²) < 4.78 is 0. The van der Waals surface area contributed by atoms with Crippen LogP contribution in [0.5, 0.6) is 0 Å². The molecule has 18 heavy (non-hydrogen) atoms. The smallest absolute Gasteiger partial charge is 0.133 e.